The van der Waals surface area contributed by atoms with Crippen LogP contribution in [-0.4, -0.2) is 34.6 Å². The Bertz CT molecular complexity index is 423. The second-order valence-corrected chi connectivity index (χ2v) is 9.18. The highest BCUT2D eigenvalue weighted by atomic mass is 16.3. The fraction of sp³-hybridized carbons (Fsp3) is 0.944. The molecule has 0 aromatic carbocycles. The van der Waals surface area contributed by atoms with Crippen molar-refractivity contribution < 1.29 is 9.90 Å². The smallest absolute Gasteiger partial charge is 0.228 e. The number of carbonyl (C=O) groups excluding carboxylic acids is 1. The average Bonchev–Trinajstić information content (AvgIpc) is 2.31. The quantitative estimate of drug-likeness (QED) is 0.864. The third kappa shape index (κ3) is 2.74. The molecule has 0 aromatic rings. The van der Waals surface area contributed by atoms with Crippen LogP contribution >= 0.6 is 0 Å². The molecule has 0 aromatic heterocycles. The lowest BCUT2D eigenvalue weighted by Crippen LogP contribution is -2.58. The Morgan fingerprint density at radius 3 is 2.24 bits per heavy atom. The van der Waals surface area contributed by atoms with Crippen molar-refractivity contribution in [3.05, 3.63) is 0 Å². The summed E-state index contributed by atoms with van der Waals surface area (Å²) in [4.78, 5) is 15.2. The van der Waals surface area contributed by atoms with Crippen molar-refractivity contribution in [3.63, 3.8) is 0 Å². The van der Waals surface area contributed by atoms with Crippen LogP contribution in [0.2, 0.25) is 0 Å². The lowest BCUT2D eigenvalue weighted by Gasteiger charge is -2.61. The van der Waals surface area contributed by atoms with E-state index in [1.165, 1.54) is 19.3 Å². The van der Waals surface area contributed by atoms with Crippen LogP contribution in [0, 0.1) is 22.7 Å². The summed E-state index contributed by atoms with van der Waals surface area (Å²) in [5, 5.41) is 10.1. The molecule has 0 heterocycles. The highest BCUT2D eigenvalue weighted by molar-refractivity contribution is 5.83. The van der Waals surface area contributed by atoms with Crippen LogP contribution in [0.1, 0.15) is 66.2 Å². The maximum atomic E-state index is 13.3. The van der Waals surface area contributed by atoms with E-state index in [0.717, 1.165) is 31.1 Å². The number of hydrogen-bond donors (Lipinski definition) is 1. The van der Waals surface area contributed by atoms with Crippen LogP contribution in [0.15, 0.2) is 0 Å². The molecule has 4 saturated carbocycles. The van der Waals surface area contributed by atoms with Gasteiger partial charge in [-0.3, -0.25) is 4.79 Å². The van der Waals surface area contributed by atoms with Gasteiger partial charge in [0.2, 0.25) is 5.91 Å². The molecule has 0 radical (unpaired) electrons. The standard InChI is InChI=1S/C18H31NO2/c1-5-19(12-16(2,3)21)15(20)18-9-13-6-14(10-18)8-17(4,7-13)11-18/h13-14,21H,5-12H2,1-4H3. The molecule has 0 saturated heterocycles. The van der Waals surface area contributed by atoms with Gasteiger partial charge in [0.15, 0.2) is 0 Å². The van der Waals surface area contributed by atoms with Gasteiger partial charge in [0, 0.05) is 13.1 Å². The molecule has 4 fully saturated rings. The third-order valence-electron chi connectivity index (χ3n) is 6.05. The van der Waals surface area contributed by atoms with Crippen molar-refractivity contribution in [2.24, 2.45) is 22.7 Å². The van der Waals surface area contributed by atoms with Gasteiger partial charge >= 0.3 is 0 Å². The van der Waals surface area contributed by atoms with Gasteiger partial charge in [-0.05, 0) is 76.5 Å². The molecule has 2 atom stereocenters. The molecule has 0 aliphatic heterocycles. The summed E-state index contributed by atoms with van der Waals surface area (Å²) in [5.41, 5.74) is -0.522. The fourth-order valence-corrected chi connectivity index (χ4v) is 6.10. The number of rotatable bonds is 4. The first kappa shape index (κ1) is 15.3. The van der Waals surface area contributed by atoms with Crippen molar-refractivity contribution in [2.75, 3.05) is 13.1 Å². The van der Waals surface area contributed by atoms with Gasteiger partial charge in [-0.1, -0.05) is 6.92 Å². The molecule has 120 valence electrons. The molecule has 4 bridgehead atoms. The lowest BCUT2D eigenvalue weighted by atomic mass is 9.44. The van der Waals surface area contributed by atoms with Gasteiger partial charge in [0.05, 0.1) is 11.0 Å². The molecule has 4 rings (SSSR count). The van der Waals surface area contributed by atoms with Crippen molar-refractivity contribution in [1.29, 1.82) is 0 Å². The number of nitrogens with zero attached hydrogens (tertiary/aromatic N) is 1. The van der Waals surface area contributed by atoms with Crippen LogP contribution in [-0.2, 0) is 4.79 Å². The monoisotopic (exact) mass is 293 g/mol. The summed E-state index contributed by atoms with van der Waals surface area (Å²) in [6, 6.07) is 0. The minimum atomic E-state index is -0.808. The molecule has 3 heteroatoms. The van der Waals surface area contributed by atoms with E-state index in [0.29, 0.717) is 24.4 Å². The highest BCUT2D eigenvalue weighted by Gasteiger charge is 2.59. The minimum absolute atomic E-state index is 0.111. The molecule has 2 unspecified atom stereocenters. The predicted octanol–water partition coefficient (Wildman–Crippen LogP) is 3.21. The Kier molecular flexibility index (Phi) is 3.44. The first-order chi connectivity index (χ1) is 9.65. The van der Waals surface area contributed by atoms with E-state index in [9.17, 15) is 9.90 Å². The topological polar surface area (TPSA) is 40.5 Å². The minimum Gasteiger partial charge on any atom is -0.389 e. The molecule has 4 aliphatic rings. The number of hydrogen-bond acceptors (Lipinski definition) is 2. The Labute approximate surface area is 129 Å². The maximum absolute atomic E-state index is 13.3. The molecule has 0 spiro atoms. The van der Waals surface area contributed by atoms with Gasteiger partial charge < -0.3 is 10.0 Å². The van der Waals surface area contributed by atoms with Gasteiger partial charge in [-0.25, -0.2) is 0 Å². The summed E-state index contributed by atoms with van der Waals surface area (Å²) >= 11 is 0. The molecule has 1 N–H and O–H groups in total. The molecule has 4 aliphatic carbocycles. The van der Waals surface area contributed by atoms with Crippen molar-refractivity contribution in [2.45, 2.75) is 71.8 Å². The van der Waals surface area contributed by atoms with E-state index in [1.807, 2.05) is 11.8 Å². The van der Waals surface area contributed by atoms with Gasteiger partial charge in [0.25, 0.3) is 0 Å². The second kappa shape index (κ2) is 4.71. The average molecular weight is 293 g/mol. The Morgan fingerprint density at radius 2 is 1.81 bits per heavy atom. The summed E-state index contributed by atoms with van der Waals surface area (Å²) < 4.78 is 0. The van der Waals surface area contributed by atoms with Crippen LogP contribution in [0.5, 0.6) is 0 Å². The summed E-state index contributed by atoms with van der Waals surface area (Å²) in [7, 11) is 0. The normalized spacial score (nSPS) is 41.4. The van der Waals surface area contributed by atoms with E-state index >= 15 is 0 Å². The third-order valence-corrected chi connectivity index (χ3v) is 6.05. The first-order valence-corrected chi connectivity index (χ1v) is 8.67. The zero-order valence-electron chi connectivity index (χ0n) is 14.1. The van der Waals surface area contributed by atoms with Crippen LogP contribution in [0.3, 0.4) is 0 Å². The van der Waals surface area contributed by atoms with Crippen LogP contribution in [0.25, 0.3) is 0 Å². The van der Waals surface area contributed by atoms with E-state index in [4.69, 9.17) is 0 Å². The fourth-order valence-electron chi connectivity index (χ4n) is 6.10. The second-order valence-electron chi connectivity index (χ2n) is 9.18. The van der Waals surface area contributed by atoms with Crippen LogP contribution < -0.4 is 0 Å². The molecule has 3 nitrogen and oxygen atoms in total. The molecular weight excluding hydrogens is 262 g/mol. The van der Waals surface area contributed by atoms with Crippen LogP contribution in [0.4, 0.5) is 0 Å². The first-order valence-electron chi connectivity index (χ1n) is 8.67. The number of carbonyl (C=O) groups is 1. The Balaban J connectivity index is 1.83. The highest BCUT2D eigenvalue weighted by Crippen LogP contribution is 2.65. The molecule has 21 heavy (non-hydrogen) atoms. The van der Waals surface area contributed by atoms with E-state index in [1.54, 1.807) is 13.8 Å². The number of amides is 1. The summed E-state index contributed by atoms with van der Waals surface area (Å²) in [5.74, 6) is 1.86. The van der Waals surface area contributed by atoms with E-state index < -0.39 is 5.60 Å². The number of likely N-dealkylation sites (N-methyl/N-ethyl adjacent to an activating group) is 1. The summed E-state index contributed by atoms with van der Waals surface area (Å²) in [6.45, 7) is 9.19. The van der Waals surface area contributed by atoms with Crippen molar-refractivity contribution in [3.8, 4) is 0 Å². The van der Waals surface area contributed by atoms with Crippen molar-refractivity contribution in [1.82, 2.24) is 4.90 Å². The number of aliphatic hydroxyl groups is 1. The zero-order chi connectivity index (χ0) is 15.5. The lowest BCUT2D eigenvalue weighted by molar-refractivity contribution is -0.168. The van der Waals surface area contributed by atoms with E-state index in [-0.39, 0.29) is 5.41 Å². The Morgan fingerprint density at radius 1 is 1.24 bits per heavy atom. The molecule has 1 amide bonds. The predicted molar refractivity (Wildman–Crippen MR) is 83.8 cm³/mol. The Hall–Kier alpha value is -0.570. The summed E-state index contributed by atoms with van der Waals surface area (Å²) in [6.07, 6.45) is 7.28. The maximum Gasteiger partial charge on any atom is 0.228 e. The van der Waals surface area contributed by atoms with Gasteiger partial charge in [-0.15, -0.1) is 0 Å². The largest absolute Gasteiger partial charge is 0.389 e. The zero-order valence-corrected chi connectivity index (χ0v) is 14.1. The van der Waals surface area contributed by atoms with Gasteiger partial charge in [-0.2, -0.15) is 0 Å². The van der Waals surface area contributed by atoms with E-state index in [2.05, 4.69) is 6.92 Å². The SMILES string of the molecule is CCN(CC(C)(C)O)C(=O)C12CC3CC(CC(C)(C3)C1)C2. The van der Waals surface area contributed by atoms with Gasteiger partial charge in [0.1, 0.15) is 0 Å². The van der Waals surface area contributed by atoms with Crippen molar-refractivity contribution >= 4 is 5.91 Å². The molecular formula is C18H31NO2.